The number of rotatable bonds is 5. The summed E-state index contributed by atoms with van der Waals surface area (Å²) in [5.41, 5.74) is 2.49. The van der Waals surface area contributed by atoms with Gasteiger partial charge in [0.15, 0.2) is 4.96 Å². The molecule has 0 N–H and O–H groups in total. The molecular weight excluding hydrogens is 432 g/mol. The SMILES string of the molecule is O=C(Cc1csc(-c2cccnc2)n1)N1CCN(Cc2cc(=O)n3ccsc3n2)CC1. The van der Waals surface area contributed by atoms with Gasteiger partial charge in [-0.1, -0.05) is 0 Å². The highest BCUT2D eigenvalue weighted by Crippen LogP contribution is 2.23. The molecule has 0 aromatic carbocycles. The summed E-state index contributed by atoms with van der Waals surface area (Å²) in [6, 6.07) is 5.45. The van der Waals surface area contributed by atoms with Gasteiger partial charge in [-0.25, -0.2) is 9.97 Å². The number of aromatic nitrogens is 4. The predicted molar refractivity (Wildman–Crippen MR) is 120 cm³/mol. The van der Waals surface area contributed by atoms with Crippen LogP contribution in [0.3, 0.4) is 0 Å². The fraction of sp³-hybridized carbons (Fsp3) is 0.286. The number of carbonyl (C=O) groups is 1. The van der Waals surface area contributed by atoms with Gasteiger partial charge in [0.2, 0.25) is 5.91 Å². The molecule has 1 fully saturated rings. The van der Waals surface area contributed by atoms with Gasteiger partial charge in [-0.3, -0.25) is 23.9 Å². The molecule has 4 aromatic rings. The summed E-state index contributed by atoms with van der Waals surface area (Å²) >= 11 is 2.99. The molecule has 158 valence electrons. The van der Waals surface area contributed by atoms with Gasteiger partial charge >= 0.3 is 0 Å². The van der Waals surface area contributed by atoms with E-state index >= 15 is 0 Å². The molecule has 5 rings (SSSR count). The monoisotopic (exact) mass is 452 g/mol. The molecule has 8 nitrogen and oxygen atoms in total. The zero-order valence-electron chi connectivity index (χ0n) is 16.7. The molecule has 0 spiro atoms. The maximum absolute atomic E-state index is 12.7. The van der Waals surface area contributed by atoms with E-state index in [1.165, 1.54) is 22.7 Å². The fourth-order valence-corrected chi connectivity index (χ4v) is 5.18. The maximum Gasteiger partial charge on any atom is 0.258 e. The van der Waals surface area contributed by atoms with Crippen molar-refractivity contribution < 1.29 is 4.79 Å². The lowest BCUT2D eigenvalue weighted by molar-refractivity contribution is -0.132. The Morgan fingerprint density at radius 2 is 1.97 bits per heavy atom. The summed E-state index contributed by atoms with van der Waals surface area (Å²) in [7, 11) is 0. The summed E-state index contributed by atoms with van der Waals surface area (Å²) in [4.78, 5) is 43.0. The second-order valence-corrected chi connectivity index (χ2v) is 9.09. The summed E-state index contributed by atoms with van der Waals surface area (Å²) in [5, 5.41) is 4.69. The Hall–Kier alpha value is -2.95. The molecular formula is C21H20N6O2S2. The number of fused-ring (bicyclic) bond motifs is 1. The van der Waals surface area contributed by atoms with Gasteiger partial charge < -0.3 is 4.90 Å². The van der Waals surface area contributed by atoms with Gasteiger partial charge in [0.25, 0.3) is 5.56 Å². The summed E-state index contributed by atoms with van der Waals surface area (Å²) in [5.74, 6) is 0.0964. The van der Waals surface area contributed by atoms with Crippen molar-refractivity contribution in [2.45, 2.75) is 13.0 Å². The molecule has 0 radical (unpaired) electrons. The number of hydrogen-bond donors (Lipinski definition) is 0. The molecule has 5 heterocycles. The second-order valence-electron chi connectivity index (χ2n) is 7.36. The van der Waals surface area contributed by atoms with Crippen molar-refractivity contribution in [3.63, 3.8) is 0 Å². The van der Waals surface area contributed by atoms with Crippen LogP contribution < -0.4 is 5.56 Å². The van der Waals surface area contributed by atoms with E-state index in [0.29, 0.717) is 31.0 Å². The van der Waals surface area contributed by atoms with Gasteiger partial charge in [-0.05, 0) is 12.1 Å². The van der Waals surface area contributed by atoms with Crippen LogP contribution in [0.4, 0.5) is 0 Å². The van der Waals surface area contributed by atoms with E-state index in [0.717, 1.165) is 35.0 Å². The molecule has 1 aliphatic heterocycles. The van der Waals surface area contributed by atoms with E-state index < -0.39 is 0 Å². The molecule has 4 aromatic heterocycles. The normalized spacial score (nSPS) is 14.9. The molecule has 0 aliphatic carbocycles. The Labute approximate surface area is 186 Å². The highest BCUT2D eigenvalue weighted by atomic mass is 32.1. The van der Waals surface area contributed by atoms with Crippen molar-refractivity contribution in [3.8, 4) is 10.6 Å². The number of piperazine rings is 1. The Bertz CT molecular complexity index is 1260. The molecule has 1 amide bonds. The van der Waals surface area contributed by atoms with Crippen LogP contribution >= 0.6 is 22.7 Å². The first-order chi connectivity index (χ1) is 15.2. The topological polar surface area (TPSA) is 83.7 Å². The first-order valence-corrected chi connectivity index (χ1v) is 11.7. The van der Waals surface area contributed by atoms with E-state index in [2.05, 4.69) is 19.9 Å². The third-order valence-corrected chi connectivity index (χ3v) is 6.96. The van der Waals surface area contributed by atoms with Crippen LogP contribution in [0, 0.1) is 0 Å². The van der Waals surface area contributed by atoms with Crippen LogP contribution in [0.2, 0.25) is 0 Å². The molecule has 0 saturated carbocycles. The quantitative estimate of drug-likeness (QED) is 0.462. The zero-order valence-corrected chi connectivity index (χ0v) is 18.3. The lowest BCUT2D eigenvalue weighted by Gasteiger charge is -2.34. The number of carbonyl (C=O) groups excluding carboxylic acids is 1. The third kappa shape index (κ3) is 4.41. The first kappa shape index (κ1) is 20.0. The van der Waals surface area contributed by atoms with Crippen molar-refractivity contribution in [2.24, 2.45) is 0 Å². The number of nitrogens with zero attached hydrogens (tertiary/aromatic N) is 6. The third-order valence-electron chi connectivity index (χ3n) is 5.26. The highest BCUT2D eigenvalue weighted by Gasteiger charge is 2.22. The molecule has 0 atom stereocenters. The first-order valence-electron chi connectivity index (χ1n) is 9.96. The van der Waals surface area contributed by atoms with Crippen molar-refractivity contribution >= 4 is 33.5 Å². The molecule has 10 heteroatoms. The minimum absolute atomic E-state index is 0.0519. The van der Waals surface area contributed by atoms with Gasteiger partial charge in [0.05, 0.1) is 17.8 Å². The van der Waals surface area contributed by atoms with Crippen LogP contribution in [0.1, 0.15) is 11.4 Å². The molecule has 0 unspecified atom stereocenters. The Morgan fingerprint density at radius 1 is 1.10 bits per heavy atom. The number of amides is 1. The van der Waals surface area contributed by atoms with E-state index in [1.807, 2.05) is 27.8 Å². The van der Waals surface area contributed by atoms with Crippen molar-refractivity contribution in [1.29, 1.82) is 0 Å². The Kier molecular flexibility index (Phi) is 5.58. The Morgan fingerprint density at radius 3 is 2.77 bits per heavy atom. The smallest absolute Gasteiger partial charge is 0.258 e. The molecule has 31 heavy (non-hydrogen) atoms. The summed E-state index contributed by atoms with van der Waals surface area (Å²) in [6.45, 7) is 3.47. The van der Waals surface area contributed by atoms with Gasteiger partial charge in [0.1, 0.15) is 5.01 Å². The van der Waals surface area contributed by atoms with Crippen LogP contribution in [-0.4, -0.2) is 61.2 Å². The lowest BCUT2D eigenvalue weighted by Crippen LogP contribution is -2.48. The summed E-state index contributed by atoms with van der Waals surface area (Å²) < 4.78 is 1.56. The van der Waals surface area contributed by atoms with Crippen molar-refractivity contribution in [1.82, 2.24) is 29.2 Å². The standard InChI is InChI=1S/C21H20N6O2S2/c28-18(11-17-14-31-20(23-17)15-2-1-3-22-12-15)26-6-4-25(5-7-26)13-16-10-19(29)27-8-9-30-21(27)24-16/h1-3,8-10,12,14H,4-7,11,13H2. The van der Waals surface area contributed by atoms with Crippen molar-refractivity contribution in [2.75, 3.05) is 26.2 Å². The Balaban J connectivity index is 1.16. The lowest BCUT2D eigenvalue weighted by atomic mass is 10.2. The largest absolute Gasteiger partial charge is 0.340 e. The predicted octanol–water partition coefficient (Wildman–Crippen LogP) is 2.16. The maximum atomic E-state index is 12.7. The van der Waals surface area contributed by atoms with Gasteiger partial charge in [0, 0.05) is 73.7 Å². The average molecular weight is 453 g/mol. The fourth-order valence-electron chi connectivity index (χ4n) is 3.63. The van der Waals surface area contributed by atoms with Crippen LogP contribution in [0.15, 0.2) is 52.3 Å². The second kappa shape index (κ2) is 8.66. The van der Waals surface area contributed by atoms with Crippen molar-refractivity contribution in [3.05, 3.63) is 69.3 Å². The van der Waals surface area contributed by atoms with Gasteiger partial charge in [-0.15, -0.1) is 22.7 Å². The molecule has 0 bridgehead atoms. The van der Waals surface area contributed by atoms with Crippen LogP contribution in [-0.2, 0) is 17.8 Å². The van der Waals surface area contributed by atoms with E-state index in [-0.39, 0.29) is 11.5 Å². The van der Waals surface area contributed by atoms with Gasteiger partial charge in [-0.2, -0.15) is 0 Å². The number of hydrogen-bond acceptors (Lipinski definition) is 8. The van der Waals surface area contributed by atoms with E-state index in [1.54, 1.807) is 29.1 Å². The number of thiazole rings is 2. The van der Waals surface area contributed by atoms with E-state index in [9.17, 15) is 9.59 Å². The minimum Gasteiger partial charge on any atom is -0.340 e. The number of pyridine rings is 1. The minimum atomic E-state index is -0.0519. The van der Waals surface area contributed by atoms with E-state index in [4.69, 9.17) is 0 Å². The molecule has 1 saturated heterocycles. The highest BCUT2D eigenvalue weighted by molar-refractivity contribution is 7.15. The van der Waals surface area contributed by atoms with Crippen LogP contribution in [0.25, 0.3) is 15.5 Å². The summed E-state index contributed by atoms with van der Waals surface area (Å²) in [6.07, 6.45) is 5.56. The zero-order chi connectivity index (χ0) is 21.2. The molecule has 1 aliphatic rings. The average Bonchev–Trinajstić information content (AvgIpc) is 3.45. The van der Waals surface area contributed by atoms with Crippen LogP contribution in [0.5, 0.6) is 0 Å².